The summed E-state index contributed by atoms with van der Waals surface area (Å²) in [6, 6.07) is 4.36. The molecule has 100 valence electrons. The van der Waals surface area contributed by atoms with Gasteiger partial charge in [0.25, 0.3) is 5.69 Å². The molecule has 1 rings (SSSR count). The molecule has 0 spiro atoms. The molecule has 0 aliphatic carbocycles. The molecule has 0 bridgehead atoms. The fourth-order valence-electron chi connectivity index (χ4n) is 1.54. The van der Waals surface area contributed by atoms with Crippen molar-refractivity contribution in [3.8, 4) is 0 Å². The highest BCUT2D eigenvalue weighted by molar-refractivity contribution is 14.1. The molecule has 1 atom stereocenters. The smallest absolute Gasteiger partial charge is 0.293 e. The maximum Gasteiger partial charge on any atom is 0.293 e. The van der Waals surface area contributed by atoms with Gasteiger partial charge in [0, 0.05) is 21.9 Å². The van der Waals surface area contributed by atoms with E-state index >= 15 is 0 Å². The molecule has 1 aromatic rings. The van der Waals surface area contributed by atoms with Crippen LogP contribution in [0.5, 0.6) is 0 Å². The summed E-state index contributed by atoms with van der Waals surface area (Å²) in [4.78, 5) is 10.4. The summed E-state index contributed by atoms with van der Waals surface area (Å²) in [7, 11) is -3.12. The van der Waals surface area contributed by atoms with Crippen LogP contribution in [0.4, 0.5) is 11.4 Å². The lowest BCUT2D eigenvalue weighted by Gasteiger charge is -2.14. The second-order valence-corrected chi connectivity index (χ2v) is 7.49. The molecule has 0 saturated heterocycles. The van der Waals surface area contributed by atoms with Crippen LogP contribution in [-0.4, -0.2) is 31.4 Å². The van der Waals surface area contributed by atoms with Gasteiger partial charge in [0.1, 0.15) is 15.5 Å². The lowest BCUT2D eigenvalue weighted by molar-refractivity contribution is -0.384. The zero-order chi connectivity index (χ0) is 13.9. The number of rotatable bonds is 5. The maximum absolute atomic E-state index is 11.1. The van der Waals surface area contributed by atoms with E-state index in [-0.39, 0.29) is 11.4 Å². The van der Waals surface area contributed by atoms with Crippen molar-refractivity contribution in [3.63, 3.8) is 0 Å². The zero-order valence-electron chi connectivity index (χ0n) is 9.88. The Balaban J connectivity index is 2.94. The average Bonchev–Trinajstić information content (AvgIpc) is 2.17. The molecule has 8 heteroatoms. The maximum atomic E-state index is 11.1. The van der Waals surface area contributed by atoms with Crippen molar-refractivity contribution in [3.05, 3.63) is 31.9 Å². The minimum absolute atomic E-state index is 0.0535. The van der Waals surface area contributed by atoms with Gasteiger partial charge in [0.15, 0.2) is 0 Å². The standard InChI is InChI=1S/C10H13IN2O4S/c1-7(6-18(2,16)17)12-9-4-3-8(11)5-10(9)13(14)15/h3-5,7,12H,6H2,1-2H3. The fraction of sp³-hybridized carbons (Fsp3) is 0.400. The molecule has 18 heavy (non-hydrogen) atoms. The summed E-state index contributed by atoms with van der Waals surface area (Å²) >= 11 is 1.98. The normalized spacial score (nSPS) is 13.1. The van der Waals surface area contributed by atoms with Gasteiger partial charge < -0.3 is 5.32 Å². The number of benzene rings is 1. The monoisotopic (exact) mass is 384 g/mol. The van der Waals surface area contributed by atoms with Gasteiger partial charge in [0.2, 0.25) is 0 Å². The van der Waals surface area contributed by atoms with Crippen LogP contribution in [0.1, 0.15) is 6.92 Å². The summed E-state index contributed by atoms with van der Waals surface area (Å²) in [5, 5.41) is 13.7. The number of nitrogens with one attached hydrogen (secondary N) is 1. The van der Waals surface area contributed by atoms with E-state index in [9.17, 15) is 18.5 Å². The van der Waals surface area contributed by atoms with E-state index in [0.29, 0.717) is 5.69 Å². The molecule has 0 amide bonds. The van der Waals surface area contributed by atoms with Crippen molar-refractivity contribution in [2.75, 3.05) is 17.3 Å². The molecule has 1 aromatic carbocycles. The van der Waals surface area contributed by atoms with Crippen LogP contribution in [-0.2, 0) is 9.84 Å². The molecule has 6 nitrogen and oxygen atoms in total. The first-order chi connectivity index (χ1) is 8.19. The number of sulfone groups is 1. The Hall–Kier alpha value is -0.900. The number of nitro groups is 1. The molecular formula is C10H13IN2O4S. The number of nitro benzene ring substituents is 1. The Labute approximate surface area is 119 Å². The topological polar surface area (TPSA) is 89.3 Å². The van der Waals surface area contributed by atoms with E-state index in [1.165, 1.54) is 6.07 Å². The lowest BCUT2D eigenvalue weighted by Crippen LogP contribution is -2.25. The van der Waals surface area contributed by atoms with Crippen LogP contribution in [0.15, 0.2) is 18.2 Å². The molecule has 0 aliphatic heterocycles. The van der Waals surface area contributed by atoms with Gasteiger partial charge in [-0.2, -0.15) is 0 Å². The van der Waals surface area contributed by atoms with Crippen molar-refractivity contribution in [2.45, 2.75) is 13.0 Å². The summed E-state index contributed by atoms with van der Waals surface area (Å²) in [5.41, 5.74) is 0.277. The Bertz CT molecular complexity index is 559. The van der Waals surface area contributed by atoms with Gasteiger partial charge in [-0.3, -0.25) is 10.1 Å². The van der Waals surface area contributed by atoms with Gasteiger partial charge in [-0.15, -0.1) is 0 Å². The Morgan fingerprint density at radius 3 is 2.61 bits per heavy atom. The molecule has 0 fully saturated rings. The van der Waals surface area contributed by atoms with Crippen molar-refractivity contribution < 1.29 is 13.3 Å². The van der Waals surface area contributed by atoms with Gasteiger partial charge in [-0.25, -0.2) is 8.42 Å². The van der Waals surface area contributed by atoms with Crippen LogP contribution in [0.3, 0.4) is 0 Å². The van der Waals surface area contributed by atoms with Crippen molar-refractivity contribution in [2.24, 2.45) is 0 Å². The highest BCUT2D eigenvalue weighted by atomic mass is 127. The van der Waals surface area contributed by atoms with Gasteiger partial charge >= 0.3 is 0 Å². The van der Waals surface area contributed by atoms with Gasteiger partial charge in [-0.1, -0.05) is 0 Å². The van der Waals surface area contributed by atoms with Crippen LogP contribution in [0.25, 0.3) is 0 Å². The largest absolute Gasteiger partial charge is 0.376 e. The minimum Gasteiger partial charge on any atom is -0.376 e. The van der Waals surface area contributed by atoms with Crippen molar-refractivity contribution >= 4 is 43.8 Å². The molecule has 0 aliphatic rings. The molecule has 0 aromatic heterocycles. The quantitative estimate of drug-likeness (QED) is 0.477. The molecule has 0 radical (unpaired) electrons. The highest BCUT2D eigenvalue weighted by Gasteiger charge is 2.17. The SMILES string of the molecule is CC(CS(C)(=O)=O)Nc1ccc(I)cc1[N+](=O)[O-]. The second kappa shape index (κ2) is 5.83. The summed E-state index contributed by atoms with van der Waals surface area (Å²) in [5.74, 6) is -0.0733. The fourth-order valence-corrected chi connectivity index (χ4v) is 3.01. The zero-order valence-corrected chi connectivity index (χ0v) is 12.9. The third-order valence-corrected chi connectivity index (χ3v) is 3.89. The van der Waals surface area contributed by atoms with Crippen molar-refractivity contribution in [1.29, 1.82) is 0 Å². The van der Waals surface area contributed by atoms with Gasteiger partial charge in [-0.05, 0) is 41.6 Å². The van der Waals surface area contributed by atoms with E-state index in [1.807, 2.05) is 22.6 Å². The molecular weight excluding hydrogens is 371 g/mol. The van der Waals surface area contributed by atoms with E-state index in [2.05, 4.69) is 5.32 Å². The Kier molecular flexibility index (Phi) is 4.91. The van der Waals surface area contributed by atoms with Crippen LogP contribution >= 0.6 is 22.6 Å². The minimum atomic E-state index is -3.12. The molecule has 1 unspecified atom stereocenters. The lowest BCUT2D eigenvalue weighted by atomic mass is 10.2. The summed E-state index contributed by atoms with van der Waals surface area (Å²) in [6.07, 6.45) is 1.13. The van der Waals surface area contributed by atoms with E-state index in [1.54, 1.807) is 19.1 Å². The predicted molar refractivity (Wildman–Crippen MR) is 78.6 cm³/mol. The van der Waals surface area contributed by atoms with Crippen LogP contribution in [0.2, 0.25) is 0 Å². The van der Waals surface area contributed by atoms with Crippen LogP contribution in [0, 0.1) is 13.7 Å². The average molecular weight is 384 g/mol. The third kappa shape index (κ3) is 4.77. The molecule has 0 heterocycles. The van der Waals surface area contributed by atoms with E-state index in [0.717, 1.165) is 9.83 Å². The predicted octanol–water partition coefficient (Wildman–Crippen LogP) is 2.04. The summed E-state index contributed by atoms with van der Waals surface area (Å²) in [6.45, 7) is 1.67. The number of nitrogens with zero attached hydrogens (tertiary/aromatic N) is 1. The molecule has 1 N–H and O–H groups in total. The third-order valence-electron chi connectivity index (χ3n) is 2.11. The first kappa shape index (κ1) is 15.2. The Morgan fingerprint density at radius 2 is 2.11 bits per heavy atom. The van der Waals surface area contributed by atoms with Crippen molar-refractivity contribution in [1.82, 2.24) is 0 Å². The number of hydrogen-bond acceptors (Lipinski definition) is 5. The second-order valence-electron chi connectivity index (χ2n) is 4.06. The van der Waals surface area contributed by atoms with Gasteiger partial charge in [0.05, 0.1) is 10.7 Å². The highest BCUT2D eigenvalue weighted by Crippen LogP contribution is 2.26. The number of hydrogen-bond donors (Lipinski definition) is 1. The van der Waals surface area contributed by atoms with E-state index in [4.69, 9.17) is 0 Å². The number of halogens is 1. The van der Waals surface area contributed by atoms with E-state index < -0.39 is 20.8 Å². The summed E-state index contributed by atoms with van der Waals surface area (Å²) < 4.78 is 23.0. The first-order valence-electron chi connectivity index (χ1n) is 5.07. The Morgan fingerprint density at radius 1 is 1.50 bits per heavy atom. The van der Waals surface area contributed by atoms with Crippen LogP contribution < -0.4 is 5.32 Å². The molecule has 0 saturated carbocycles. The first-order valence-corrected chi connectivity index (χ1v) is 8.21. The number of anilines is 1.